The van der Waals surface area contributed by atoms with Crippen LogP contribution in [0.1, 0.15) is 48.7 Å². The van der Waals surface area contributed by atoms with Gasteiger partial charge in [-0.3, -0.25) is 9.59 Å². The van der Waals surface area contributed by atoms with Crippen molar-refractivity contribution in [3.63, 3.8) is 0 Å². The number of ether oxygens (including phenoxy) is 3. The fourth-order valence-electron chi connectivity index (χ4n) is 2.82. The van der Waals surface area contributed by atoms with Crippen molar-refractivity contribution < 1.29 is 28.9 Å². The van der Waals surface area contributed by atoms with E-state index in [1.807, 2.05) is 31.2 Å². The molecule has 0 aliphatic rings. The third kappa shape index (κ3) is 6.82. The summed E-state index contributed by atoms with van der Waals surface area (Å²) in [7, 11) is 0. The first-order chi connectivity index (χ1) is 13.9. The third-order valence-corrected chi connectivity index (χ3v) is 4.33. The van der Waals surface area contributed by atoms with Crippen molar-refractivity contribution in [2.75, 3.05) is 19.8 Å². The molecule has 1 N–H and O–H groups in total. The van der Waals surface area contributed by atoms with Crippen molar-refractivity contribution in [2.24, 2.45) is 0 Å². The van der Waals surface area contributed by atoms with Gasteiger partial charge in [-0.1, -0.05) is 19.1 Å². The number of carbonyl (C=O) groups excluding carboxylic acids is 2. The number of rotatable bonds is 11. The van der Waals surface area contributed by atoms with Crippen molar-refractivity contribution in [3.8, 4) is 17.2 Å². The Bertz CT molecular complexity index is 826. The standard InChI is InChI=1S/C23H28O6/c1-4-18-14-20(16(3)24)21(25)15-22(18)29-12-6-11-28-19-9-7-17(8-10-19)13-23(26)27-5-2/h7-10,14-15,25H,4-6,11-13H2,1-3H3. The second-order valence-corrected chi connectivity index (χ2v) is 6.56. The molecule has 0 heterocycles. The molecular weight excluding hydrogens is 372 g/mol. The fraction of sp³-hybridized carbons (Fsp3) is 0.391. The first-order valence-corrected chi connectivity index (χ1v) is 9.81. The number of carbonyl (C=O) groups is 2. The van der Waals surface area contributed by atoms with E-state index in [1.54, 1.807) is 13.0 Å². The molecule has 29 heavy (non-hydrogen) atoms. The minimum atomic E-state index is -0.243. The number of hydrogen-bond donors (Lipinski definition) is 1. The van der Waals surface area contributed by atoms with Gasteiger partial charge in [0.05, 0.1) is 31.8 Å². The quantitative estimate of drug-likeness (QED) is 0.347. The Balaban J connectivity index is 1.79. The van der Waals surface area contributed by atoms with Gasteiger partial charge in [-0.15, -0.1) is 0 Å². The molecule has 0 aliphatic carbocycles. The van der Waals surface area contributed by atoms with Gasteiger partial charge in [0.1, 0.15) is 17.2 Å². The maximum absolute atomic E-state index is 11.5. The first kappa shape index (κ1) is 22.3. The minimum absolute atomic E-state index is 0.0659. The first-order valence-electron chi connectivity index (χ1n) is 9.81. The van der Waals surface area contributed by atoms with Gasteiger partial charge in [0.15, 0.2) is 5.78 Å². The van der Waals surface area contributed by atoms with Gasteiger partial charge in [-0.25, -0.2) is 0 Å². The molecule has 0 bridgehead atoms. The Morgan fingerprint density at radius 2 is 1.69 bits per heavy atom. The average Bonchev–Trinajstić information content (AvgIpc) is 2.69. The molecule has 0 amide bonds. The van der Waals surface area contributed by atoms with Crippen LogP contribution in [0.3, 0.4) is 0 Å². The summed E-state index contributed by atoms with van der Waals surface area (Å²) >= 11 is 0. The molecule has 6 heteroatoms. The Kier molecular flexibility index (Phi) is 8.52. The van der Waals surface area contributed by atoms with E-state index in [-0.39, 0.29) is 23.9 Å². The number of Topliss-reactive ketones (excluding diaryl/α,β-unsaturated/α-hetero) is 1. The van der Waals surface area contributed by atoms with Gasteiger partial charge in [-0.05, 0) is 49.6 Å². The lowest BCUT2D eigenvalue weighted by atomic mass is 10.0. The van der Waals surface area contributed by atoms with E-state index < -0.39 is 0 Å². The summed E-state index contributed by atoms with van der Waals surface area (Å²) in [5, 5.41) is 9.99. The van der Waals surface area contributed by atoms with Crippen molar-refractivity contribution in [1.82, 2.24) is 0 Å². The minimum Gasteiger partial charge on any atom is -0.507 e. The summed E-state index contributed by atoms with van der Waals surface area (Å²) in [5.41, 5.74) is 2.06. The molecule has 0 aliphatic heterocycles. The van der Waals surface area contributed by atoms with Gasteiger partial charge >= 0.3 is 5.97 Å². The highest BCUT2D eigenvalue weighted by molar-refractivity contribution is 5.97. The maximum atomic E-state index is 11.5. The Hall–Kier alpha value is -3.02. The van der Waals surface area contributed by atoms with Gasteiger partial charge in [0, 0.05) is 12.5 Å². The van der Waals surface area contributed by atoms with E-state index in [2.05, 4.69) is 0 Å². The zero-order valence-corrected chi connectivity index (χ0v) is 17.2. The van der Waals surface area contributed by atoms with Gasteiger partial charge in [0.25, 0.3) is 0 Å². The van der Waals surface area contributed by atoms with Crippen LogP contribution in [-0.2, 0) is 22.4 Å². The molecule has 0 fully saturated rings. The number of aryl methyl sites for hydroxylation is 1. The molecule has 0 radical (unpaired) electrons. The molecule has 156 valence electrons. The maximum Gasteiger partial charge on any atom is 0.310 e. The van der Waals surface area contributed by atoms with Gasteiger partial charge in [-0.2, -0.15) is 0 Å². The SMILES string of the molecule is CCOC(=O)Cc1ccc(OCCCOc2cc(O)c(C(C)=O)cc2CC)cc1. The summed E-state index contributed by atoms with van der Waals surface area (Å²) in [4.78, 5) is 23.0. The van der Waals surface area contributed by atoms with Crippen LogP contribution in [0, 0.1) is 0 Å². The average molecular weight is 400 g/mol. The number of esters is 1. The molecule has 0 saturated heterocycles. The molecule has 0 atom stereocenters. The highest BCUT2D eigenvalue weighted by Crippen LogP contribution is 2.29. The van der Waals surface area contributed by atoms with E-state index in [4.69, 9.17) is 14.2 Å². The van der Waals surface area contributed by atoms with Crippen molar-refractivity contribution in [3.05, 3.63) is 53.1 Å². The van der Waals surface area contributed by atoms with Crippen LogP contribution in [0.2, 0.25) is 0 Å². The Labute approximate surface area is 171 Å². The number of phenolic OH excluding ortho intramolecular Hbond substituents is 1. The number of aromatic hydroxyl groups is 1. The van der Waals surface area contributed by atoms with Crippen LogP contribution in [0.5, 0.6) is 17.2 Å². The van der Waals surface area contributed by atoms with Crippen molar-refractivity contribution in [1.29, 1.82) is 0 Å². The highest BCUT2D eigenvalue weighted by Gasteiger charge is 2.12. The van der Waals surface area contributed by atoms with Crippen molar-refractivity contribution in [2.45, 2.75) is 40.0 Å². The number of phenols is 1. The van der Waals surface area contributed by atoms with E-state index in [0.29, 0.717) is 44.0 Å². The van der Waals surface area contributed by atoms with Crippen LogP contribution in [0.25, 0.3) is 0 Å². The molecule has 0 unspecified atom stereocenters. The largest absolute Gasteiger partial charge is 0.507 e. The van der Waals surface area contributed by atoms with E-state index in [0.717, 1.165) is 16.9 Å². The number of benzene rings is 2. The lowest BCUT2D eigenvalue weighted by Crippen LogP contribution is -2.08. The normalized spacial score (nSPS) is 10.4. The van der Waals surface area contributed by atoms with Crippen LogP contribution in [-0.4, -0.2) is 36.7 Å². The number of hydrogen-bond acceptors (Lipinski definition) is 6. The predicted octanol–water partition coefficient (Wildman–Crippen LogP) is 4.11. The molecule has 2 aromatic rings. The number of ketones is 1. The smallest absolute Gasteiger partial charge is 0.310 e. The summed E-state index contributed by atoms with van der Waals surface area (Å²) in [5.74, 6) is 0.815. The molecule has 6 nitrogen and oxygen atoms in total. The highest BCUT2D eigenvalue weighted by atomic mass is 16.5. The molecule has 0 aromatic heterocycles. The molecule has 2 rings (SSSR count). The summed E-state index contributed by atoms with van der Waals surface area (Å²) < 4.78 is 16.4. The molecule has 2 aromatic carbocycles. The van der Waals surface area contributed by atoms with Crippen LogP contribution in [0.4, 0.5) is 0 Å². The third-order valence-electron chi connectivity index (χ3n) is 4.33. The van der Waals surface area contributed by atoms with Crippen LogP contribution in [0.15, 0.2) is 36.4 Å². The monoisotopic (exact) mass is 400 g/mol. The molecule has 0 spiro atoms. The molecular formula is C23H28O6. The lowest BCUT2D eigenvalue weighted by Gasteiger charge is -2.13. The van der Waals surface area contributed by atoms with Gasteiger partial charge in [0.2, 0.25) is 0 Å². The van der Waals surface area contributed by atoms with E-state index in [9.17, 15) is 14.7 Å². The van der Waals surface area contributed by atoms with Crippen molar-refractivity contribution >= 4 is 11.8 Å². The van der Waals surface area contributed by atoms with Crippen LogP contribution < -0.4 is 9.47 Å². The van der Waals surface area contributed by atoms with Crippen LogP contribution >= 0.6 is 0 Å². The Morgan fingerprint density at radius 1 is 1.00 bits per heavy atom. The van der Waals surface area contributed by atoms with Gasteiger partial charge < -0.3 is 19.3 Å². The zero-order chi connectivity index (χ0) is 21.2. The summed E-state index contributed by atoms with van der Waals surface area (Å²) in [6.07, 6.45) is 1.60. The van der Waals surface area contributed by atoms with E-state index in [1.165, 1.54) is 13.0 Å². The predicted molar refractivity (Wildman–Crippen MR) is 110 cm³/mol. The topological polar surface area (TPSA) is 82.1 Å². The second-order valence-electron chi connectivity index (χ2n) is 6.56. The molecule has 0 saturated carbocycles. The Morgan fingerprint density at radius 3 is 2.31 bits per heavy atom. The van der Waals surface area contributed by atoms with E-state index >= 15 is 0 Å². The fourth-order valence-corrected chi connectivity index (χ4v) is 2.82. The lowest BCUT2D eigenvalue weighted by molar-refractivity contribution is -0.142. The summed E-state index contributed by atoms with van der Waals surface area (Å²) in [6.45, 7) is 6.45. The zero-order valence-electron chi connectivity index (χ0n) is 17.2. The summed E-state index contributed by atoms with van der Waals surface area (Å²) in [6, 6.07) is 10.5. The second kappa shape index (κ2) is 11.1.